The van der Waals surface area contributed by atoms with Gasteiger partial charge in [-0.3, -0.25) is 9.57 Å². The molecule has 0 aliphatic heterocycles. The van der Waals surface area contributed by atoms with E-state index in [0.29, 0.717) is 0 Å². The van der Waals surface area contributed by atoms with Gasteiger partial charge in [0, 0.05) is 0 Å². The monoisotopic (exact) mass is 311 g/mol. The lowest BCUT2D eigenvalue weighted by atomic mass is 10.4. The van der Waals surface area contributed by atoms with Crippen LogP contribution in [0.5, 0.6) is 0 Å². The molecule has 0 rings (SSSR count). The van der Waals surface area contributed by atoms with E-state index in [1.807, 2.05) is 0 Å². The minimum atomic E-state index is -5.47. The van der Waals surface area contributed by atoms with E-state index in [0.717, 1.165) is 5.64 Å². The van der Waals surface area contributed by atoms with Crippen LogP contribution in [0.2, 0.25) is 0 Å². The Labute approximate surface area is 98.9 Å². The van der Waals surface area contributed by atoms with Gasteiger partial charge in [-0.2, -0.15) is 26.3 Å². The zero-order valence-electron chi connectivity index (χ0n) is 8.62. The summed E-state index contributed by atoms with van der Waals surface area (Å²) in [6.07, 6.45) is -20.6. The summed E-state index contributed by atoms with van der Waals surface area (Å²) in [5, 5.41) is 0. The van der Waals surface area contributed by atoms with Crippen LogP contribution >= 0.6 is 0 Å². The minimum Gasteiger partial charge on any atom is -0.267 e. The van der Waals surface area contributed by atoms with Gasteiger partial charge < -0.3 is 0 Å². The second kappa shape index (κ2) is 6.58. The van der Waals surface area contributed by atoms with E-state index in [4.69, 9.17) is 0 Å². The van der Waals surface area contributed by atoms with Crippen LogP contribution in [0.15, 0.2) is 0 Å². The molecule has 1 atom stereocenters. The summed E-state index contributed by atoms with van der Waals surface area (Å²) in [5.41, 5.74) is 0.842. The molecule has 0 aromatic heterocycles. The SMILES string of the molecule is FC(F)(F)CONOC(CC(F)(F)F)OC(F)(F)F. The molecule has 0 saturated carbocycles. The topological polar surface area (TPSA) is 39.7 Å². The Balaban J connectivity index is 4.20. The van der Waals surface area contributed by atoms with Gasteiger partial charge in [-0.1, -0.05) is 5.64 Å². The normalized spacial score (nSPS) is 15.6. The highest BCUT2D eigenvalue weighted by Crippen LogP contribution is 2.27. The standard InChI is InChI=1S/C6H6F9NO3/c7-4(8,9)1-3(18-6(13,14)15)19-16-17-2-5(10,11)12/h3,16H,1-2H2. The van der Waals surface area contributed by atoms with Crippen LogP contribution in [-0.4, -0.2) is 31.6 Å². The van der Waals surface area contributed by atoms with E-state index in [-0.39, 0.29) is 0 Å². The highest BCUT2D eigenvalue weighted by Gasteiger charge is 2.41. The molecule has 0 aromatic rings. The van der Waals surface area contributed by atoms with Gasteiger partial charge in [0.15, 0.2) is 12.9 Å². The summed E-state index contributed by atoms with van der Waals surface area (Å²) in [7, 11) is 0. The second-order valence-corrected chi connectivity index (χ2v) is 2.92. The zero-order valence-corrected chi connectivity index (χ0v) is 8.62. The fraction of sp³-hybridized carbons (Fsp3) is 1.00. The van der Waals surface area contributed by atoms with Crippen molar-refractivity contribution in [2.45, 2.75) is 31.4 Å². The molecule has 0 radical (unpaired) electrons. The third-order valence-corrected chi connectivity index (χ3v) is 1.14. The molecule has 0 amide bonds. The van der Waals surface area contributed by atoms with E-state index in [1.165, 1.54) is 0 Å². The predicted molar refractivity (Wildman–Crippen MR) is 37.8 cm³/mol. The van der Waals surface area contributed by atoms with Gasteiger partial charge in [0.1, 0.15) is 0 Å². The fourth-order valence-corrected chi connectivity index (χ4v) is 0.644. The molecule has 0 spiro atoms. The Morgan fingerprint density at radius 3 is 1.74 bits per heavy atom. The summed E-state index contributed by atoms with van der Waals surface area (Å²) in [5.74, 6) is 0. The maximum Gasteiger partial charge on any atom is 0.524 e. The smallest absolute Gasteiger partial charge is 0.267 e. The van der Waals surface area contributed by atoms with Crippen molar-refractivity contribution < 1.29 is 53.9 Å². The van der Waals surface area contributed by atoms with Gasteiger partial charge in [-0.25, -0.2) is 4.84 Å². The number of rotatable bonds is 6. The third kappa shape index (κ3) is 13.4. The Hall–Kier alpha value is -0.790. The zero-order chi connectivity index (χ0) is 15.3. The Kier molecular flexibility index (Phi) is 6.31. The third-order valence-electron chi connectivity index (χ3n) is 1.14. The maximum atomic E-state index is 11.8. The molecule has 0 heterocycles. The number of ether oxygens (including phenoxy) is 1. The molecule has 1 unspecified atom stereocenters. The minimum absolute atomic E-state index is 0.842. The van der Waals surface area contributed by atoms with E-state index in [1.54, 1.807) is 0 Å². The fourth-order valence-electron chi connectivity index (χ4n) is 0.644. The highest BCUT2D eigenvalue weighted by atomic mass is 19.4. The second-order valence-electron chi connectivity index (χ2n) is 2.92. The van der Waals surface area contributed by atoms with Crippen LogP contribution in [0.4, 0.5) is 39.5 Å². The lowest BCUT2D eigenvalue weighted by Gasteiger charge is -2.20. The number of halogens is 9. The number of hydrogen-bond acceptors (Lipinski definition) is 4. The van der Waals surface area contributed by atoms with Crippen LogP contribution < -0.4 is 5.64 Å². The van der Waals surface area contributed by atoms with Gasteiger partial charge in [0.25, 0.3) is 0 Å². The Morgan fingerprint density at radius 2 is 1.37 bits per heavy atom. The van der Waals surface area contributed by atoms with Crippen molar-refractivity contribution in [1.82, 2.24) is 5.64 Å². The van der Waals surface area contributed by atoms with E-state index < -0.39 is 38.0 Å². The largest absolute Gasteiger partial charge is 0.524 e. The molecular formula is C6H6F9NO3. The first-order valence-electron chi connectivity index (χ1n) is 4.19. The molecule has 0 bridgehead atoms. The highest BCUT2D eigenvalue weighted by molar-refractivity contribution is 4.54. The molecule has 19 heavy (non-hydrogen) atoms. The Morgan fingerprint density at radius 1 is 0.842 bits per heavy atom. The van der Waals surface area contributed by atoms with Crippen LogP contribution in [-0.2, 0) is 14.4 Å². The molecule has 116 valence electrons. The lowest BCUT2D eigenvalue weighted by molar-refractivity contribution is -0.412. The van der Waals surface area contributed by atoms with Crippen molar-refractivity contribution in [3.8, 4) is 0 Å². The molecule has 0 aromatic carbocycles. The average molecular weight is 311 g/mol. The van der Waals surface area contributed by atoms with Gasteiger partial charge >= 0.3 is 18.7 Å². The quantitative estimate of drug-likeness (QED) is 0.354. The number of alkyl halides is 9. The lowest BCUT2D eigenvalue weighted by Crippen LogP contribution is -2.36. The summed E-state index contributed by atoms with van der Waals surface area (Å²) in [6.45, 7) is -1.99. The van der Waals surface area contributed by atoms with Gasteiger partial charge in [0.2, 0.25) is 0 Å². The van der Waals surface area contributed by atoms with Crippen molar-refractivity contribution in [3.63, 3.8) is 0 Å². The molecule has 1 N–H and O–H groups in total. The number of hydrogen-bond donors (Lipinski definition) is 1. The average Bonchev–Trinajstić information content (AvgIpc) is 2.05. The van der Waals surface area contributed by atoms with Gasteiger partial charge in [0.05, 0.1) is 6.42 Å². The Bertz CT molecular complexity index is 244. The molecular weight excluding hydrogens is 305 g/mol. The van der Waals surface area contributed by atoms with E-state index >= 15 is 0 Å². The van der Waals surface area contributed by atoms with Gasteiger partial charge in [-0.15, -0.1) is 13.2 Å². The van der Waals surface area contributed by atoms with Crippen LogP contribution in [0, 0.1) is 0 Å². The van der Waals surface area contributed by atoms with Crippen LogP contribution in [0.1, 0.15) is 6.42 Å². The van der Waals surface area contributed by atoms with Crippen molar-refractivity contribution >= 4 is 0 Å². The maximum absolute atomic E-state index is 11.8. The van der Waals surface area contributed by atoms with E-state index in [2.05, 4.69) is 14.4 Å². The van der Waals surface area contributed by atoms with Gasteiger partial charge in [-0.05, 0) is 0 Å². The summed E-state index contributed by atoms with van der Waals surface area (Å²) in [4.78, 5) is 7.00. The molecule has 4 nitrogen and oxygen atoms in total. The first-order chi connectivity index (χ1) is 8.29. The summed E-state index contributed by atoms with van der Waals surface area (Å²) < 4.78 is 108. The first kappa shape index (κ1) is 18.2. The van der Waals surface area contributed by atoms with E-state index in [9.17, 15) is 39.5 Å². The molecule has 0 saturated heterocycles. The van der Waals surface area contributed by atoms with Crippen molar-refractivity contribution in [1.29, 1.82) is 0 Å². The molecule has 0 aliphatic carbocycles. The molecule has 13 heteroatoms. The molecule has 0 fully saturated rings. The molecule has 0 aliphatic rings. The summed E-state index contributed by atoms with van der Waals surface area (Å²) >= 11 is 0. The van der Waals surface area contributed by atoms with Crippen molar-refractivity contribution in [2.75, 3.05) is 6.61 Å². The van der Waals surface area contributed by atoms with Crippen molar-refractivity contribution in [3.05, 3.63) is 0 Å². The predicted octanol–water partition coefficient (Wildman–Crippen LogP) is 2.82. The summed E-state index contributed by atoms with van der Waals surface area (Å²) in [6, 6.07) is 0. The number of nitrogens with one attached hydrogen (secondary N) is 1. The van der Waals surface area contributed by atoms with Crippen LogP contribution in [0.3, 0.4) is 0 Å². The van der Waals surface area contributed by atoms with Crippen LogP contribution in [0.25, 0.3) is 0 Å². The van der Waals surface area contributed by atoms with Crippen molar-refractivity contribution in [2.24, 2.45) is 0 Å². The first-order valence-corrected chi connectivity index (χ1v) is 4.19.